The third kappa shape index (κ3) is 2.83. The van der Waals surface area contributed by atoms with Crippen LogP contribution >= 0.6 is 0 Å². The Kier molecular flexibility index (Phi) is 3.99. The van der Waals surface area contributed by atoms with Crippen LogP contribution in [0.2, 0.25) is 0 Å². The first kappa shape index (κ1) is 14.0. The number of nitrogens with one attached hydrogen (secondary N) is 1. The Balaban J connectivity index is 1.53. The van der Waals surface area contributed by atoms with Crippen molar-refractivity contribution in [3.8, 4) is 0 Å². The maximum Gasteiger partial charge on any atom is 0.130 e. The fraction of sp³-hybridized carbons (Fsp3) is 0.588. The number of pyridine rings is 1. The lowest BCUT2D eigenvalue weighted by Gasteiger charge is -2.28. The summed E-state index contributed by atoms with van der Waals surface area (Å²) in [5.41, 5.74) is 1.32. The van der Waals surface area contributed by atoms with Crippen molar-refractivity contribution in [2.75, 3.05) is 50.7 Å². The highest BCUT2D eigenvalue weighted by molar-refractivity contribution is 5.81. The summed E-state index contributed by atoms with van der Waals surface area (Å²) in [6, 6.07) is 4.46. The summed E-state index contributed by atoms with van der Waals surface area (Å²) in [7, 11) is 0. The molecule has 0 saturated carbocycles. The van der Waals surface area contributed by atoms with Crippen molar-refractivity contribution < 1.29 is 0 Å². The van der Waals surface area contributed by atoms with E-state index in [0.717, 1.165) is 45.1 Å². The van der Waals surface area contributed by atoms with Crippen LogP contribution in [0.3, 0.4) is 0 Å². The fourth-order valence-corrected chi connectivity index (χ4v) is 3.59. The Morgan fingerprint density at radius 2 is 1.86 bits per heavy atom. The molecule has 0 aliphatic carbocycles. The molecule has 4 rings (SSSR count). The van der Waals surface area contributed by atoms with Crippen molar-refractivity contribution in [3.63, 3.8) is 0 Å². The molecule has 2 aromatic rings. The molecule has 2 aromatic heterocycles. The van der Waals surface area contributed by atoms with Crippen LogP contribution in [-0.4, -0.2) is 60.3 Å². The Hall–Kier alpha value is -1.59. The van der Waals surface area contributed by atoms with Crippen molar-refractivity contribution in [2.24, 2.45) is 0 Å². The zero-order valence-corrected chi connectivity index (χ0v) is 13.2. The largest absolute Gasteiger partial charge is 0.354 e. The molecule has 4 heterocycles. The second kappa shape index (κ2) is 6.26. The smallest absolute Gasteiger partial charge is 0.130 e. The highest BCUT2D eigenvalue weighted by Crippen LogP contribution is 2.21. The first-order valence-corrected chi connectivity index (χ1v) is 8.53. The predicted molar refractivity (Wildman–Crippen MR) is 90.5 cm³/mol. The van der Waals surface area contributed by atoms with Crippen molar-refractivity contribution >= 4 is 16.7 Å². The average molecular weight is 299 g/mol. The second-order valence-electron chi connectivity index (χ2n) is 6.40. The number of hydrogen-bond donors (Lipinski definition) is 1. The van der Waals surface area contributed by atoms with Gasteiger partial charge in [0.05, 0.1) is 5.52 Å². The molecule has 0 atom stereocenters. The van der Waals surface area contributed by atoms with Gasteiger partial charge in [-0.2, -0.15) is 0 Å². The van der Waals surface area contributed by atoms with Gasteiger partial charge in [0.2, 0.25) is 0 Å². The zero-order chi connectivity index (χ0) is 14.8. The van der Waals surface area contributed by atoms with Crippen LogP contribution in [0.1, 0.15) is 12.8 Å². The van der Waals surface area contributed by atoms with E-state index in [0.29, 0.717) is 0 Å². The van der Waals surface area contributed by atoms with Gasteiger partial charge in [-0.05, 0) is 32.0 Å². The number of piperazine rings is 1. The van der Waals surface area contributed by atoms with Crippen LogP contribution in [0.5, 0.6) is 0 Å². The molecular formula is C17H25N5. The van der Waals surface area contributed by atoms with Gasteiger partial charge in [-0.25, -0.2) is 4.98 Å². The Labute approximate surface area is 131 Å². The van der Waals surface area contributed by atoms with Gasteiger partial charge in [0, 0.05) is 63.1 Å². The summed E-state index contributed by atoms with van der Waals surface area (Å²) in [6.07, 6.45) is 6.97. The first-order chi connectivity index (χ1) is 10.9. The van der Waals surface area contributed by atoms with E-state index >= 15 is 0 Å². The molecule has 0 amide bonds. The first-order valence-electron chi connectivity index (χ1n) is 8.53. The van der Waals surface area contributed by atoms with Gasteiger partial charge in [-0.15, -0.1) is 0 Å². The van der Waals surface area contributed by atoms with Gasteiger partial charge < -0.3 is 19.7 Å². The zero-order valence-electron chi connectivity index (χ0n) is 13.2. The predicted octanol–water partition coefficient (Wildman–Crippen LogP) is 1.54. The SMILES string of the molecule is c1cn(CCN2CCCC2)c2cc(N3CCNCC3)ncc12. The Bertz CT molecular complexity index is 623. The summed E-state index contributed by atoms with van der Waals surface area (Å²) >= 11 is 0. The van der Waals surface area contributed by atoms with Gasteiger partial charge in [0.15, 0.2) is 0 Å². The summed E-state index contributed by atoms with van der Waals surface area (Å²) in [5.74, 6) is 1.12. The lowest BCUT2D eigenvalue weighted by atomic mass is 10.3. The van der Waals surface area contributed by atoms with Crippen LogP contribution in [0.25, 0.3) is 10.9 Å². The standard InChI is InChI=1S/C17H25N5/c1-2-7-20(6-1)11-12-21-8-3-15-14-19-17(13-16(15)21)22-9-4-18-5-10-22/h3,8,13-14,18H,1-2,4-7,9-12H2. The molecule has 0 bridgehead atoms. The maximum absolute atomic E-state index is 4.66. The number of aromatic nitrogens is 2. The minimum atomic E-state index is 1.05. The molecule has 5 nitrogen and oxygen atoms in total. The van der Waals surface area contributed by atoms with Crippen molar-refractivity contribution in [3.05, 3.63) is 24.5 Å². The van der Waals surface area contributed by atoms with E-state index in [1.54, 1.807) is 0 Å². The van der Waals surface area contributed by atoms with E-state index in [1.807, 2.05) is 6.20 Å². The van der Waals surface area contributed by atoms with Crippen molar-refractivity contribution in [2.45, 2.75) is 19.4 Å². The molecule has 0 spiro atoms. The van der Waals surface area contributed by atoms with Gasteiger partial charge in [-0.3, -0.25) is 0 Å². The summed E-state index contributed by atoms with van der Waals surface area (Å²) < 4.78 is 2.39. The minimum Gasteiger partial charge on any atom is -0.354 e. The van der Waals surface area contributed by atoms with Crippen LogP contribution in [-0.2, 0) is 6.54 Å². The monoisotopic (exact) mass is 299 g/mol. The van der Waals surface area contributed by atoms with Gasteiger partial charge in [0.25, 0.3) is 0 Å². The molecule has 2 fully saturated rings. The number of nitrogens with zero attached hydrogens (tertiary/aromatic N) is 4. The highest BCUT2D eigenvalue weighted by Gasteiger charge is 2.14. The van der Waals surface area contributed by atoms with E-state index in [1.165, 1.54) is 36.8 Å². The third-order valence-corrected chi connectivity index (χ3v) is 4.94. The topological polar surface area (TPSA) is 36.3 Å². The number of rotatable bonds is 4. The number of anilines is 1. The lowest BCUT2D eigenvalue weighted by molar-refractivity contribution is 0.324. The van der Waals surface area contributed by atoms with Crippen LogP contribution in [0, 0.1) is 0 Å². The molecule has 22 heavy (non-hydrogen) atoms. The van der Waals surface area contributed by atoms with Gasteiger partial charge in [0.1, 0.15) is 5.82 Å². The molecule has 2 saturated heterocycles. The molecule has 0 unspecified atom stereocenters. The van der Waals surface area contributed by atoms with Crippen LogP contribution in [0.4, 0.5) is 5.82 Å². The van der Waals surface area contributed by atoms with E-state index in [2.05, 4.69) is 43.0 Å². The number of hydrogen-bond acceptors (Lipinski definition) is 4. The second-order valence-corrected chi connectivity index (χ2v) is 6.40. The summed E-state index contributed by atoms with van der Waals surface area (Å²) in [4.78, 5) is 9.61. The molecule has 2 aliphatic rings. The molecule has 1 N–H and O–H groups in total. The molecule has 118 valence electrons. The summed E-state index contributed by atoms with van der Waals surface area (Å²) in [6.45, 7) is 8.98. The number of fused-ring (bicyclic) bond motifs is 1. The minimum absolute atomic E-state index is 1.05. The van der Waals surface area contributed by atoms with E-state index < -0.39 is 0 Å². The van der Waals surface area contributed by atoms with Crippen molar-refractivity contribution in [1.82, 2.24) is 19.8 Å². The molecule has 5 heteroatoms. The normalized spacial score (nSPS) is 20.1. The van der Waals surface area contributed by atoms with Gasteiger partial charge >= 0.3 is 0 Å². The molecule has 0 radical (unpaired) electrons. The lowest BCUT2D eigenvalue weighted by Crippen LogP contribution is -2.43. The quantitative estimate of drug-likeness (QED) is 0.929. The van der Waals surface area contributed by atoms with Crippen LogP contribution in [0.15, 0.2) is 24.5 Å². The fourth-order valence-electron chi connectivity index (χ4n) is 3.59. The number of likely N-dealkylation sites (tertiary alicyclic amines) is 1. The third-order valence-electron chi connectivity index (χ3n) is 4.94. The van der Waals surface area contributed by atoms with Crippen molar-refractivity contribution in [1.29, 1.82) is 0 Å². The van der Waals surface area contributed by atoms with Crippen LogP contribution < -0.4 is 10.2 Å². The average Bonchev–Trinajstić information content (AvgIpc) is 3.23. The van der Waals surface area contributed by atoms with E-state index in [9.17, 15) is 0 Å². The van der Waals surface area contributed by atoms with E-state index in [4.69, 9.17) is 0 Å². The Morgan fingerprint density at radius 1 is 1.05 bits per heavy atom. The molecule has 0 aromatic carbocycles. The highest BCUT2D eigenvalue weighted by atomic mass is 15.2. The van der Waals surface area contributed by atoms with Gasteiger partial charge in [-0.1, -0.05) is 0 Å². The molecule has 2 aliphatic heterocycles. The Morgan fingerprint density at radius 3 is 2.68 bits per heavy atom. The maximum atomic E-state index is 4.66. The molecular weight excluding hydrogens is 274 g/mol. The van der Waals surface area contributed by atoms with E-state index in [-0.39, 0.29) is 0 Å². The summed E-state index contributed by atoms with van der Waals surface area (Å²) in [5, 5.41) is 4.65.